The SMILES string of the molecule is O=C(N[C@@H]1CCNC1)c1ccc(Br)cc1. The molecule has 1 aromatic rings. The van der Waals surface area contributed by atoms with Gasteiger partial charge in [0.15, 0.2) is 0 Å². The van der Waals surface area contributed by atoms with Gasteiger partial charge in [-0.1, -0.05) is 15.9 Å². The third kappa shape index (κ3) is 2.79. The summed E-state index contributed by atoms with van der Waals surface area (Å²) in [7, 11) is 0. The molecule has 2 N–H and O–H groups in total. The van der Waals surface area contributed by atoms with E-state index in [-0.39, 0.29) is 11.9 Å². The van der Waals surface area contributed by atoms with Gasteiger partial charge in [0, 0.05) is 22.6 Å². The summed E-state index contributed by atoms with van der Waals surface area (Å²) in [6, 6.07) is 7.67. The predicted octanol–water partition coefficient (Wildman–Crippen LogP) is 1.54. The molecular weight excluding hydrogens is 256 g/mol. The van der Waals surface area contributed by atoms with Gasteiger partial charge >= 0.3 is 0 Å². The number of amides is 1. The zero-order chi connectivity index (χ0) is 10.7. The van der Waals surface area contributed by atoms with Gasteiger partial charge in [0.1, 0.15) is 0 Å². The van der Waals surface area contributed by atoms with Gasteiger partial charge in [0.05, 0.1) is 0 Å². The minimum Gasteiger partial charge on any atom is -0.348 e. The second kappa shape index (κ2) is 4.77. The molecule has 4 heteroatoms. The van der Waals surface area contributed by atoms with Crippen molar-refractivity contribution in [3.8, 4) is 0 Å². The molecule has 1 amide bonds. The Morgan fingerprint density at radius 3 is 2.73 bits per heavy atom. The largest absolute Gasteiger partial charge is 0.348 e. The van der Waals surface area contributed by atoms with Crippen LogP contribution < -0.4 is 10.6 Å². The number of hydrogen-bond acceptors (Lipinski definition) is 2. The van der Waals surface area contributed by atoms with E-state index in [1.807, 2.05) is 24.3 Å². The van der Waals surface area contributed by atoms with Crippen LogP contribution >= 0.6 is 15.9 Å². The number of hydrogen-bond donors (Lipinski definition) is 2. The molecule has 0 aliphatic carbocycles. The molecule has 1 aliphatic heterocycles. The van der Waals surface area contributed by atoms with Crippen molar-refractivity contribution >= 4 is 21.8 Å². The third-order valence-electron chi connectivity index (χ3n) is 2.50. The first kappa shape index (κ1) is 10.6. The van der Waals surface area contributed by atoms with E-state index in [0.29, 0.717) is 5.56 Å². The standard InChI is InChI=1S/C11H13BrN2O/c12-9-3-1-8(2-4-9)11(15)14-10-5-6-13-7-10/h1-4,10,13H,5-7H2,(H,14,15)/t10-/m1/s1. The van der Waals surface area contributed by atoms with Crippen molar-refractivity contribution in [2.75, 3.05) is 13.1 Å². The van der Waals surface area contributed by atoms with Crippen molar-refractivity contribution in [1.29, 1.82) is 0 Å². The van der Waals surface area contributed by atoms with Crippen LogP contribution in [0, 0.1) is 0 Å². The summed E-state index contributed by atoms with van der Waals surface area (Å²) in [6.45, 7) is 1.87. The Labute approximate surface area is 97.4 Å². The quantitative estimate of drug-likeness (QED) is 0.855. The molecule has 1 fully saturated rings. The van der Waals surface area contributed by atoms with Crippen LogP contribution in [0.2, 0.25) is 0 Å². The lowest BCUT2D eigenvalue weighted by atomic mass is 10.2. The molecule has 1 aromatic carbocycles. The molecule has 0 saturated carbocycles. The van der Waals surface area contributed by atoms with E-state index in [2.05, 4.69) is 26.6 Å². The van der Waals surface area contributed by atoms with Crippen molar-refractivity contribution in [2.24, 2.45) is 0 Å². The number of halogens is 1. The molecule has 0 spiro atoms. The van der Waals surface area contributed by atoms with Gasteiger partial charge in [-0.05, 0) is 37.2 Å². The topological polar surface area (TPSA) is 41.1 Å². The van der Waals surface area contributed by atoms with Gasteiger partial charge in [-0.25, -0.2) is 0 Å². The van der Waals surface area contributed by atoms with E-state index in [1.54, 1.807) is 0 Å². The Hall–Kier alpha value is -0.870. The van der Waals surface area contributed by atoms with E-state index >= 15 is 0 Å². The normalized spacial score (nSPS) is 20.2. The molecule has 0 bridgehead atoms. The summed E-state index contributed by atoms with van der Waals surface area (Å²) in [6.07, 6.45) is 1.02. The number of nitrogens with one attached hydrogen (secondary N) is 2. The minimum absolute atomic E-state index is 0.0104. The average Bonchev–Trinajstić information content (AvgIpc) is 2.71. The van der Waals surface area contributed by atoms with E-state index < -0.39 is 0 Å². The van der Waals surface area contributed by atoms with Crippen LogP contribution in [0.5, 0.6) is 0 Å². The Morgan fingerprint density at radius 1 is 1.40 bits per heavy atom. The molecule has 0 aromatic heterocycles. The summed E-state index contributed by atoms with van der Waals surface area (Å²) < 4.78 is 0.988. The molecule has 0 radical (unpaired) electrons. The highest BCUT2D eigenvalue weighted by atomic mass is 79.9. The molecule has 1 aliphatic rings. The van der Waals surface area contributed by atoms with Crippen molar-refractivity contribution in [1.82, 2.24) is 10.6 Å². The van der Waals surface area contributed by atoms with Crippen LogP contribution in [-0.2, 0) is 0 Å². The van der Waals surface area contributed by atoms with Crippen molar-refractivity contribution in [3.05, 3.63) is 34.3 Å². The molecule has 1 heterocycles. The average molecular weight is 269 g/mol. The summed E-state index contributed by atoms with van der Waals surface area (Å²) in [5, 5.41) is 6.21. The lowest BCUT2D eigenvalue weighted by molar-refractivity contribution is 0.0940. The van der Waals surface area contributed by atoms with Gasteiger partial charge < -0.3 is 10.6 Å². The van der Waals surface area contributed by atoms with E-state index in [4.69, 9.17) is 0 Å². The fraction of sp³-hybridized carbons (Fsp3) is 0.364. The van der Waals surface area contributed by atoms with Crippen LogP contribution in [0.4, 0.5) is 0 Å². The van der Waals surface area contributed by atoms with Gasteiger partial charge in [0.2, 0.25) is 0 Å². The second-order valence-corrected chi connectivity index (χ2v) is 4.59. The van der Waals surface area contributed by atoms with E-state index in [0.717, 1.165) is 24.0 Å². The molecule has 3 nitrogen and oxygen atoms in total. The van der Waals surface area contributed by atoms with Crippen molar-refractivity contribution in [3.63, 3.8) is 0 Å². The number of carbonyl (C=O) groups is 1. The van der Waals surface area contributed by atoms with Gasteiger partial charge in [-0.15, -0.1) is 0 Å². The zero-order valence-electron chi connectivity index (χ0n) is 8.29. The van der Waals surface area contributed by atoms with Crippen molar-refractivity contribution in [2.45, 2.75) is 12.5 Å². The van der Waals surface area contributed by atoms with Gasteiger partial charge in [-0.3, -0.25) is 4.79 Å². The Kier molecular flexibility index (Phi) is 3.38. The fourth-order valence-electron chi connectivity index (χ4n) is 1.65. The first-order valence-corrected chi connectivity index (χ1v) is 5.82. The molecular formula is C11H13BrN2O. The van der Waals surface area contributed by atoms with Crippen LogP contribution in [0.25, 0.3) is 0 Å². The van der Waals surface area contributed by atoms with Crippen molar-refractivity contribution < 1.29 is 4.79 Å². The van der Waals surface area contributed by atoms with Crippen LogP contribution in [0.3, 0.4) is 0 Å². The molecule has 1 atom stereocenters. The summed E-state index contributed by atoms with van der Waals surface area (Å²) in [5.74, 6) is 0.0104. The summed E-state index contributed by atoms with van der Waals surface area (Å²) in [4.78, 5) is 11.8. The predicted molar refractivity (Wildman–Crippen MR) is 62.9 cm³/mol. The lowest BCUT2D eigenvalue weighted by Gasteiger charge is -2.10. The summed E-state index contributed by atoms with van der Waals surface area (Å²) in [5.41, 5.74) is 0.713. The van der Waals surface area contributed by atoms with E-state index in [1.165, 1.54) is 0 Å². The highest BCUT2D eigenvalue weighted by molar-refractivity contribution is 9.10. The highest BCUT2D eigenvalue weighted by Gasteiger charge is 2.17. The molecule has 0 unspecified atom stereocenters. The number of benzene rings is 1. The monoisotopic (exact) mass is 268 g/mol. The fourth-order valence-corrected chi connectivity index (χ4v) is 1.91. The molecule has 1 saturated heterocycles. The van der Waals surface area contributed by atoms with Crippen LogP contribution in [-0.4, -0.2) is 25.0 Å². The van der Waals surface area contributed by atoms with Gasteiger partial charge in [-0.2, -0.15) is 0 Å². The number of rotatable bonds is 2. The van der Waals surface area contributed by atoms with Crippen LogP contribution in [0.1, 0.15) is 16.8 Å². The summed E-state index contributed by atoms with van der Waals surface area (Å²) >= 11 is 3.34. The Bertz CT molecular complexity index is 344. The molecule has 2 rings (SSSR count). The maximum atomic E-state index is 11.8. The minimum atomic E-state index is 0.0104. The van der Waals surface area contributed by atoms with E-state index in [9.17, 15) is 4.79 Å². The maximum absolute atomic E-state index is 11.8. The third-order valence-corrected chi connectivity index (χ3v) is 3.03. The Morgan fingerprint density at radius 2 is 2.13 bits per heavy atom. The second-order valence-electron chi connectivity index (χ2n) is 3.67. The maximum Gasteiger partial charge on any atom is 0.251 e. The van der Waals surface area contributed by atoms with Crippen LogP contribution in [0.15, 0.2) is 28.7 Å². The number of carbonyl (C=O) groups excluding carboxylic acids is 1. The lowest BCUT2D eigenvalue weighted by Crippen LogP contribution is -2.36. The molecule has 80 valence electrons. The first-order chi connectivity index (χ1) is 7.25. The first-order valence-electron chi connectivity index (χ1n) is 5.03. The Balaban J connectivity index is 1.98. The zero-order valence-corrected chi connectivity index (χ0v) is 9.88. The highest BCUT2D eigenvalue weighted by Crippen LogP contribution is 2.10. The smallest absolute Gasteiger partial charge is 0.251 e. The van der Waals surface area contributed by atoms with Gasteiger partial charge in [0.25, 0.3) is 5.91 Å². The molecule has 15 heavy (non-hydrogen) atoms.